The van der Waals surface area contributed by atoms with Gasteiger partial charge in [0.05, 0.1) is 12.3 Å². The van der Waals surface area contributed by atoms with E-state index in [1.807, 2.05) is 0 Å². The average molecular weight is 209 g/mol. The number of nitrogens with zero attached hydrogens (tertiary/aromatic N) is 2. The third-order valence-corrected chi connectivity index (χ3v) is 1.99. The van der Waals surface area contributed by atoms with Crippen LogP contribution in [0.2, 0.25) is 0 Å². The summed E-state index contributed by atoms with van der Waals surface area (Å²) in [6.45, 7) is 2.72. The molecule has 1 aromatic rings. The van der Waals surface area contributed by atoms with E-state index in [9.17, 15) is 4.79 Å². The summed E-state index contributed by atoms with van der Waals surface area (Å²) in [7, 11) is 0. The molecule has 0 fully saturated rings. The topological polar surface area (TPSA) is 76.7 Å². The van der Waals surface area contributed by atoms with Crippen LogP contribution in [0.5, 0.6) is 0 Å². The number of hydrogen-bond donors (Lipinski definition) is 1. The van der Waals surface area contributed by atoms with Crippen LogP contribution >= 0.6 is 0 Å². The van der Waals surface area contributed by atoms with Gasteiger partial charge in [-0.1, -0.05) is 10.3 Å². The fourth-order valence-electron chi connectivity index (χ4n) is 1.21. The Morgan fingerprint density at radius 3 is 3.13 bits per heavy atom. The van der Waals surface area contributed by atoms with E-state index in [1.54, 1.807) is 13.0 Å². The van der Waals surface area contributed by atoms with E-state index in [0.29, 0.717) is 18.9 Å². The Morgan fingerprint density at radius 1 is 1.67 bits per heavy atom. The van der Waals surface area contributed by atoms with Crippen LogP contribution in [0.25, 0.3) is 0 Å². The first-order chi connectivity index (χ1) is 7.25. The lowest BCUT2D eigenvalue weighted by Gasteiger charge is -1.99. The first-order valence-electron chi connectivity index (χ1n) is 4.65. The lowest BCUT2D eigenvalue weighted by molar-refractivity contribution is 0.0950. The summed E-state index contributed by atoms with van der Waals surface area (Å²) in [4.78, 5) is 16.3. The summed E-state index contributed by atoms with van der Waals surface area (Å²) in [5.74, 6) is 0.350. The van der Waals surface area contributed by atoms with E-state index in [0.717, 1.165) is 12.1 Å². The van der Waals surface area contributed by atoms with Gasteiger partial charge in [-0.05, 0) is 6.92 Å². The molecular weight excluding hydrogens is 198 g/mol. The van der Waals surface area contributed by atoms with Crippen LogP contribution in [-0.4, -0.2) is 29.9 Å². The molecule has 80 valence electrons. The maximum atomic E-state index is 11.5. The molecule has 1 aromatic heterocycles. The van der Waals surface area contributed by atoms with Crippen molar-refractivity contribution >= 4 is 11.6 Å². The molecule has 0 saturated carbocycles. The number of oxime groups is 1. The maximum absolute atomic E-state index is 11.5. The largest absolute Gasteiger partial charge is 0.395 e. The molecule has 6 nitrogen and oxygen atoms in total. The molecule has 0 radical (unpaired) electrons. The minimum Gasteiger partial charge on any atom is -0.395 e. The molecule has 1 amide bonds. The SMILES string of the molecule is Cc1cc(C(=O)NCC2=NOCC2)no1. The van der Waals surface area contributed by atoms with Crippen molar-refractivity contribution in [2.24, 2.45) is 5.16 Å². The molecule has 0 aliphatic carbocycles. The van der Waals surface area contributed by atoms with E-state index in [2.05, 4.69) is 15.6 Å². The second-order valence-electron chi connectivity index (χ2n) is 3.25. The number of carbonyl (C=O) groups is 1. The number of rotatable bonds is 3. The molecular formula is C9H11N3O3. The number of hydrogen-bond acceptors (Lipinski definition) is 5. The molecule has 0 bridgehead atoms. The number of aryl methyl sites for hydroxylation is 1. The summed E-state index contributed by atoms with van der Waals surface area (Å²) in [5.41, 5.74) is 1.12. The highest BCUT2D eigenvalue weighted by atomic mass is 16.6. The van der Waals surface area contributed by atoms with Crippen LogP contribution in [-0.2, 0) is 4.84 Å². The van der Waals surface area contributed by atoms with Crippen LogP contribution in [0.1, 0.15) is 22.7 Å². The summed E-state index contributed by atoms with van der Waals surface area (Å²) >= 11 is 0. The van der Waals surface area contributed by atoms with Crippen molar-refractivity contribution < 1.29 is 14.2 Å². The zero-order valence-electron chi connectivity index (χ0n) is 8.32. The highest BCUT2D eigenvalue weighted by molar-refractivity contribution is 5.96. The Morgan fingerprint density at radius 2 is 2.53 bits per heavy atom. The molecule has 0 unspecified atom stereocenters. The van der Waals surface area contributed by atoms with Crippen molar-refractivity contribution in [1.29, 1.82) is 0 Å². The Kier molecular flexibility index (Phi) is 2.66. The molecule has 2 rings (SSSR count). The first kappa shape index (κ1) is 9.70. The molecule has 15 heavy (non-hydrogen) atoms. The summed E-state index contributed by atoms with van der Waals surface area (Å²) in [6.07, 6.45) is 0.762. The Balaban J connectivity index is 1.87. The normalized spacial score (nSPS) is 14.6. The van der Waals surface area contributed by atoms with Gasteiger partial charge >= 0.3 is 0 Å². The minimum atomic E-state index is -0.263. The maximum Gasteiger partial charge on any atom is 0.273 e. The number of carbonyl (C=O) groups excluding carboxylic acids is 1. The van der Waals surface area contributed by atoms with Crippen molar-refractivity contribution in [3.63, 3.8) is 0 Å². The molecule has 0 spiro atoms. The van der Waals surface area contributed by atoms with Crippen molar-refractivity contribution in [3.8, 4) is 0 Å². The predicted molar refractivity (Wildman–Crippen MR) is 51.6 cm³/mol. The molecule has 1 aliphatic heterocycles. The van der Waals surface area contributed by atoms with Gasteiger partial charge in [-0.15, -0.1) is 0 Å². The third kappa shape index (κ3) is 2.34. The third-order valence-electron chi connectivity index (χ3n) is 1.99. The smallest absolute Gasteiger partial charge is 0.273 e. The van der Waals surface area contributed by atoms with Gasteiger partial charge in [0.1, 0.15) is 12.4 Å². The van der Waals surface area contributed by atoms with Crippen molar-refractivity contribution in [3.05, 3.63) is 17.5 Å². The van der Waals surface area contributed by atoms with E-state index in [4.69, 9.17) is 9.36 Å². The Labute approximate surface area is 86.3 Å². The minimum absolute atomic E-state index is 0.263. The van der Waals surface area contributed by atoms with E-state index < -0.39 is 0 Å². The first-order valence-corrected chi connectivity index (χ1v) is 4.65. The zero-order valence-corrected chi connectivity index (χ0v) is 8.32. The zero-order chi connectivity index (χ0) is 10.7. The molecule has 0 aromatic carbocycles. The number of amides is 1. The van der Waals surface area contributed by atoms with Gasteiger partial charge in [0.2, 0.25) is 0 Å². The number of nitrogens with one attached hydrogen (secondary N) is 1. The molecule has 0 saturated heterocycles. The van der Waals surface area contributed by atoms with Crippen LogP contribution in [0.15, 0.2) is 15.7 Å². The summed E-state index contributed by atoms with van der Waals surface area (Å²) in [6, 6.07) is 1.59. The van der Waals surface area contributed by atoms with Gasteiger partial charge in [0, 0.05) is 12.5 Å². The van der Waals surface area contributed by atoms with Crippen LogP contribution < -0.4 is 5.32 Å². The second-order valence-corrected chi connectivity index (χ2v) is 3.25. The van der Waals surface area contributed by atoms with E-state index >= 15 is 0 Å². The standard InChI is InChI=1S/C9H11N3O3/c1-6-4-8(12-15-6)9(13)10-5-7-2-3-14-11-7/h4H,2-3,5H2,1H3,(H,10,13). The molecule has 6 heteroatoms. The number of aromatic nitrogens is 1. The second kappa shape index (κ2) is 4.12. The van der Waals surface area contributed by atoms with E-state index in [-0.39, 0.29) is 11.6 Å². The fourth-order valence-corrected chi connectivity index (χ4v) is 1.21. The molecule has 0 atom stereocenters. The molecule has 1 aliphatic rings. The quantitative estimate of drug-likeness (QED) is 0.785. The van der Waals surface area contributed by atoms with Gasteiger partial charge in [0.15, 0.2) is 5.69 Å². The van der Waals surface area contributed by atoms with Gasteiger partial charge in [-0.3, -0.25) is 4.79 Å². The lowest BCUT2D eigenvalue weighted by atomic mass is 10.3. The summed E-state index contributed by atoms with van der Waals surface area (Å²) in [5, 5.41) is 10.0. The van der Waals surface area contributed by atoms with Crippen molar-refractivity contribution in [2.45, 2.75) is 13.3 Å². The Hall–Kier alpha value is -1.85. The van der Waals surface area contributed by atoms with Gasteiger partial charge < -0.3 is 14.7 Å². The van der Waals surface area contributed by atoms with Crippen LogP contribution in [0.3, 0.4) is 0 Å². The molecule has 2 heterocycles. The highest BCUT2D eigenvalue weighted by Gasteiger charge is 2.13. The van der Waals surface area contributed by atoms with Crippen molar-refractivity contribution in [2.75, 3.05) is 13.2 Å². The van der Waals surface area contributed by atoms with Gasteiger partial charge in [-0.2, -0.15) is 0 Å². The van der Waals surface area contributed by atoms with Gasteiger partial charge in [-0.25, -0.2) is 0 Å². The lowest BCUT2D eigenvalue weighted by Crippen LogP contribution is -2.29. The van der Waals surface area contributed by atoms with Crippen LogP contribution in [0, 0.1) is 6.92 Å². The Bertz CT molecular complexity index is 397. The fraction of sp³-hybridized carbons (Fsp3) is 0.444. The predicted octanol–water partition coefficient (Wildman–Crippen LogP) is 0.489. The summed E-state index contributed by atoms with van der Waals surface area (Å²) < 4.78 is 4.79. The average Bonchev–Trinajstić information content (AvgIpc) is 2.84. The van der Waals surface area contributed by atoms with Gasteiger partial charge in [0.25, 0.3) is 5.91 Å². The highest BCUT2D eigenvalue weighted by Crippen LogP contribution is 2.02. The monoisotopic (exact) mass is 209 g/mol. The molecule has 1 N–H and O–H groups in total. The van der Waals surface area contributed by atoms with E-state index in [1.165, 1.54) is 0 Å². The van der Waals surface area contributed by atoms with Crippen molar-refractivity contribution in [1.82, 2.24) is 10.5 Å². The van der Waals surface area contributed by atoms with Crippen LogP contribution in [0.4, 0.5) is 0 Å².